The predicted octanol–water partition coefficient (Wildman–Crippen LogP) is 4.18. The van der Waals surface area contributed by atoms with Gasteiger partial charge >= 0.3 is 0 Å². The summed E-state index contributed by atoms with van der Waals surface area (Å²) >= 11 is 3.47. The summed E-state index contributed by atoms with van der Waals surface area (Å²) in [6.45, 7) is 4.69. The highest BCUT2D eigenvalue weighted by Gasteiger charge is 2.27. The maximum atomic E-state index is 6.41. The van der Waals surface area contributed by atoms with Crippen molar-refractivity contribution in [2.24, 2.45) is 23.5 Å². The van der Waals surface area contributed by atoms with Crippen LogP contribution in [0.25, 0.3) is 0 Å². The van der Waals surface area contributed by atoms with Crippen LogP contribution in [0.5, 0.6) is 0 Å². The molecule has 0 saturated heterocycles. The number of hydrogen-bond acceptors (Lipinski definition) is 2. The first-order valence-electron chi connectivity index (χ1n) is 7.41. The molecule has 1 saturated carbocycles. The van der Waals surface area contributed by atoms with Gasteiger partial charge in [-0.1, -0.05) is 13.8 Å². The van der Waals surface area contributed by atoms with E-state index in [0.29, 0.717) is 5.92 Å². The molecule has 0 aromatic carbocycles. The lowest BCUT2D eigenvalue weighted by molar-refractivity contribution is 0.202. The number of hydrogen-bond donors (Lipinski definition) is 1. The Bertz CT molecular complexity index is 397. The van der Waals surface area contributed by atoms with Gasteiger partial charge < -0.3 is 5.73 Å². The molecule has 106 valence electrons. The Hall–Kier alpha value is -0.410. The fourth-order valence-corrected chi connectivity index (χ4v) is 3.66. The summed E-state index contributed by atoms with van der Waals surface area (Å²) < 4.78 is 1.04. The van der Waals surface area contributed by atoms with E-state index in [1.807, 2.05) is 12.4 Å². The van der Waals surface area contributed by atoms with Gasteiger partial charge in [-0.15, -0.1) is 0 Å². The molecule has 0 aliphatic heterocycles. The average Bonchev–Trinajstić information content (AvgIpc) is 2.39. The summed E-state index contributed by atoms with van der Waals surface area (Å²) in [4.78, 5) is 4.22. The third-order valence-corrected chi connectivity index (χ3v) is 5.03. The van der Waals surface area contributed by atoms with Crippen molar-refractivity contribution < 1.29 is 0 Å². The topological polar surface area (TPSA) is 38.9 Å². The van der Waals surface area contributed by atoms with Crippen molar-refractivity contribution in [3.8, 4) is 0 Å². The molecule has 0 bridgehead atoms. The summed E-state index contributed by atoms with van der Waals surface area (Å²) in [6, 6.07) is 2.41. The lowest BCUT2D eigenvalue weighted by atomic mass is 9.74. The fraction of sp³-hybridized carbons (Fsp3) is 0.688. The fourth-order valence-electron chi connectivity index (χ4n) is 3.25. The zero-order valence-electron chi connectivity index (χ0n) is 12.0. The lowest BCUT2D eigenvalue weighted by Crippen LogP contribution is -2.35. The summed E-state index contributed by atoms with van der Waals surface area (Å²) in [5.41, 5.74) is 7.65. The lowest BCUT2D eigenvalue weighted by Gasteiger charge is -2.34. The summed E-state index contributed by atoms with van der Waals surface area (Å²) in [5, 5.41) is 0. The third-order valence-electron chi connectivity index (χ3n) is 4.60. The van der Waals surface area contributed by atoms with Gasteiger partial charge in [0.2, 0.25) is 0 Å². The highest BCUT2D eigenvalue weighted by atomic mass is 79.9. The Balaban J connectivity index is 1.86. The van der Waals surface area contributed by atoms with E-state index in [1.54, 1.807) is 0 Å². The van der Waals surface area contributed by atoms with Gasteiger partial charge in [0.25, 0.3) is 0 Å². The van der Waals surface area contributed by atoms with Crippen molar-refractivity contribution in [1.29, 1.82) is 0 Å². The van der Waals surface area contributed by atoms with Crippen molar-refractivity contribution in [3.05, 3.63) is 28.5 Å². The van der Waals surface area contributed by atoms with Crippen molar-refractivity contribution in [1.82, 2.24) is 4.98 Å². The molecule has 2 rings (SSSR count). The van der Waals surface area contributed by atoms with Crippen LogP contribution in [0.3, 0.4) is 0 Å². The highest BCUT2D eigenvalue weighted by molar-refractivity contribution is 9.10. The molecule has 1 aromatic rings. The molecule has 1 heterocycles. The first-order valence-corrected chi connectivity index (χ1v) is 8.20. The highest BCUT2D eigenvalue weighted by Crippen LogP contribution is 2.34. The van der Waals surface area contributed by atoms with Crippen LogP contribution in [-0.2, 0) is 6.42 Å². The molecule has 1 aromatic heterocycles. The maximum absolute atomic E-state index is 6.41. The molecular weight excluding hydrogens is 300 g/mol. The molecule has 2 nitrogen and oxygen atoms in total. The quantitative estimate of drug-likeness (QED) is 0.902. The predicted molar refractivity (Wildman–Crippen MR) is 83.9 cm³/mol. The molecule has 2 N–H and O–H groups in total. The summed E-state index contributed by atoms with van der Waals surface area (Å²) in [7, 11) is 0. The minimum Gasteiger partial charge on any atom is -0.327 e. The minimum atomic E-state index is 0.282. The maximum Gasteiger partial charge on any atom is 0.0410 e. The number of nitrogens with two attached hydrogens (primary N) is 1. The molecule has 1 aliphatic carbocycles. The van der Waals surface area contributed by atoms with Crippen LogP contribution < -0.4 is 5.73 Å². The van der Waals surface area contributed by atoms with E-state index in [0.717, 1.165) is 22.7 Å². The van der Waals surface area contributed by atoms with Gasteiger partial charge in [0.1, 0.15) is 0 Å². The van der Waals surface area contributed by atoms with Crippen LogP contribution in [0, 0.1) is 17.8 Å². The Morgan fingerprint density at radius 1 is 1.21 bits per heavy atom. The second-order valence-electron chi connectivity index (χ2n) is 6.30. The van der Waals surface area contributed by atoms with Crippen LogP contribution in [0.4, 0.5) is 0 Å². The Morgan fingerprint density at radius 3 is 2.42 bits per heavy atom. The molecule has 1 fully saturated rings. The van der Waals surface area contributed by atoms with Crippen LogP contribution in [0.15, 0.2) is 22.9 Å². The van der Waals surface area contributed by atoms with Crippen molar-refractivity contribution >= 4 is 15.9 Å². The normalized spacial score (nSPS) is 25.5. The molecule has 0 amide bonds. The second kappa shape index (κ2) is 6.85. The van der Waals surface area contributed by atoms with Crippen molar-refractivity contribution in [2.45, 2.75) is 52.0 Å². The summed E-state index contributed by atoms with van der Waals surface area (Å²) in [6.07, 6.45) is 10.0. The van der Waals surface area contributed by atoms with Crippen LogP contribution in [0.1, 0.15) is 45.1 Å². The van der Waals surface area contributed by atoms with E-state index in [-0.39, 0.29) is 6.04 Å². The Morgan fingerprint density at radius 2 is 1.84 bits per heavy atom. The van der Waals surface area contributed by atoms with Gasteiger partial charge in [-0.25, -0.2) is 0 Å². The van der Waals surface area contributed by atoms with E-state index in [1.165, 1.54) is 31.2 Å². The minimum absolute atomic E-state index is 0.282. The monoisotopic (exact) mass is 324 g/mol. The first kappa shape index (κ1) is 15.0. The largest absolute Gasteiger partial charge is 0.327 e. The molecule has 3 heteroatoms. The SMILES string of the molecule is CC(C)C1CCC(C(N)Cc2cncc(Br)c2)CC1. The Labute approximate surface area is 125 Å². The molecular formula is C16H25BrN2. The number of rotatable bonds is 4. The van der Waals surface area contributed by atoms with E-state index in [4.69, 9.17) is 5.73 Å². The molecule has 19 heavy (non-hydrogen) atoms. The van der Waals surface area contributed by atoms with E-state index < -0.39 is 0 Å². The average molecular weight is 325 g/mol. The molecule has 1 atom stereocenters. The van der Waals surface area contributed by atoms with Crippen LogP contribution in [-0.4, -0.2) is 11.0 Å². The molecule has 1 aliphatic rings. The number of pyridine rings is 1. The van der Waals surface area contributed by atoms with E-state index in [2.05, 4.69) is 40.8 Å². The smallest absolute Gasteiger partial charge is 0.0410 e. The van der Waals surface area contributed by atoms with Gasteiger partial charge in [-0.3, -0.25) is 4.98 Å². The van der Waals surface area contributed by atoms with Crippen molar-refractivity contribution in [2.75, 3.05) is 0 Å². The Kier molecular flexibility index (Phi) is 5.40. The summed E-state index contributed by atoms with van der Waals surface area (Å²) in [5.74, 6) is 2.43. The standard InChI is InChI=1S/C16H25BrN2/c1-11(2)13-3-5-14(6-4-13)16(18)8-12-7-15(17)10-19-9-12/h7,9-11,13-14,16H,3-6,8,18H2,1-2H3. The molecule has 0 spiro atoms. The van der Waals surface area contributed by atoms with E-state index >= 15 is 0 Å². The van der Waals surface area contributed by atoms with Gasteiger partial charge in [0.05, 0.1) is 0 Å². The zero-order valence-corrected chi connectivity index (χ0v) is 13.6. The number of aromatic nitrogens is 1. The van der Waals surface area contributed by atoms with E-state index in [9.17, 15) is 0 Å². The van der Waals surface area contributed by atoms with Crippen LogP contribution in [0.2, 0.25) is 0 Å². The van der Waals surface area contributed by atoms with Gasteiger partial charge in [-0.2, -0.15) is 0 Å². The van der Waals surface area contributed by atoms with Crippen LogP contribution >= 0.6 is 15.9 Å². The second-order valence-corrected chi connectivity index (χ2v) is 7.21. The zero-order chi connectivity index (χ0) is 13.8. The first-order chi connectivity index (χ1) is 9.06. The van der Waals surface area contributed by atoms with Gasteiger partial charge in [-0.05, 0) is 77.4 Å². The van der Waals surface area contributed by atoms with Gasteiger partial charge in [0.15, 0.2) is 0 Å². The van der Waals surface area contributed by atoms with Crippen molar-refractivity contribution in [3.63, 3.8) is 0 Å². The number of nitrogens with zero attached hydrogens (tertiary/aromatic N) is 1. The molecule has 0 radical (unpaired) electrons. The van der Waals surface area contributed by atoms with Gasteiger partial charge in [0, 0.05) is 22.9 Å². The molecule has 1 unspecified atom stereocenters. The number of halogens is 1. The third kappa shape index (κ3) is 4.28.